The second kappa shape index (κ2) is 16.1. The molecule has 230 valence electrons. The molecule has 0 radical (unpaired) electrons. The highest BCUT2D eigenvalue weighted by atomic mass is 35.5. The van der Waals surface area contributed by atoms with Crippen LogP contribution < -0.4 is 20.1 Å². The Labute approximate surface area is 253 Å². The smallest absolute Gasteiger partial charge is 0.258 e. The largest absolute Gasteiger partial charge is 0.484 e. The van der Waals surface area contributed by atoms with E-state index >= 15 is 0 Å². The number of rotatable bonds is 10. The van der Waals surface area contributed by atoms with Gasteiger partial charge in [0.2, 0.25) is 11.8 Å². The van der Waals surface area contributed by atoms with E-state index in [0.29, 0.717) is 18.2 Å². The van der Waals surface area contributed by atoms with Gasteiger partial charge in [-0.15, -0.1) is 0 Å². The quantitative estimate of drug-likeness (QED) is 0.338. The molecule has 3 fully saturated rings. The van der Waals surface area contributed by atoms with E-state index in [1.54, 1.807) is 19.4 Å². The molecule has 1 heterocycles. The predicted octanol–water partition coefficient (Wildman–Crippen LogP) is 6.14. The second-order valence-electron chi connectivity index (χ2n) is 11.7. The summed E-state index contributed by atoms with van der Waals surface area (Å²) >= 11 is 5.75. The molecule has 2 amide bonds. The Balaban J connectivity index is 1.34. The van der Waals surface area contributed by atoms with Crippen LogP contribution in [-0.4, -0.2) is 48.7 Å². The first kappa shape index (κ1) is 32.0. The lowest BCUT2D eigenvalue weighted by molar-refractivity contribution is -0.128. The monoisotopic (exact) mass is 603 g/mol. The maximum Gasteiger partial charge on any atom is 0.258 e. The van der Waals surface area contributed by atoms with E-state index in [4.69, 9.17) is 25.8 Å². The van der Waals surface area contributed by atoms with Crippen LogP contribution in [0.15, 0.2) is 36.5 Å². The molecule has 2 N–H and O–H groups in total. The maximum absolute atomic E-state index is 13.8. The topological polar surface area (TPSA) is 98.8 Å². The minimum Gasteiger partial charge on any atom is -0.484 e. The van der Waals surface area contributed by atoms with Crippen LogP contribution in [0.1, 0.15) is 82.6 Å². The second-order valence-corrected chi connectivity index (χ2v) is 12.1. The van der Waals surface area contributed by atoms with E-state index in [-0.39, 0.29) is 48.4 Å². The van der Waals surface area contributed by atoms with Crippen LogP contribution in [-0.2, 0) is 20.9 Å². The van der Waals surface area contributed by atoms with Crippen LogP contribution in [0.2, 0.25) is 5.02 Å². The molecule has 1 aromatic heterocycles. The number of pyridine rings is 1. The number of ether oxygens (including phenoxy) is 3. The van der Waals surface area contributed by atoms with Gasteiger partial charge in [0.05, 0.1) is 18.7 Å². The lowest BCUT2D eigenvalue weighted by Crippen LogP contribution is -2.61. The van der Waals surface area contributed by atoms with Gasteiger partial charge in [0.25, 0.3) is 5.91 Å². The van der Waals surface area contributed by atoms with E-state index in [1.807, 2.05) is 6.07 Å². The van der Waals surface area contributed by atoms with E-state index in [1.165, 1.54) is 50.3 Å². The molecule has 3 aliphatic carbocycles. The molecule has 0 aliphatic heterocycles. The third-order valence-electron chi connectivity index (χ3n) is 8.20. The Kier molecular flexibility index (Phi) is 12.3. The van der Waals surface area contributed by atoms with Gasteiger partial charge in [0.1, 0.15) is 18.2 Å². The van der Waals surface area contributed by atoms with Gasteiger partial charge in [-0.25, -0.2) is 9.37 Å². The molecule has 0 spiro atoms. The van der Waals surface area contributed by atoms with E-state index in [0.717, 1.165) is 44.1 Å². The lowest BCUT2D eigenvalue weighted by atomic mass is 9.63. The first-order valence-electron chi connectivity index (χ1n) is 15.1. The predicted molar refractivity (Wildman–Crippen MR) is 159 cm³/mol. The fraction of sp³-hybridized carbons (Fsp3) is 0.594. The summed E-state index contributed by atoms with van der Waals surface area (Å²) in [4.78, 5) is 30.1. The number of methoxy groups -OCH3 is 1. The summed E-state index contributed by atoms with van der Waals surface area (Å²) in [6, 6.07) is 7.64. The van der Waals surface area contributed by atoms with Crippen molar-refractivity contribution in [2.45, 2.75) is 95.2 Å². The zero-order chi connectivity index (χ0) is 29.8. The highest BCUT2D eigenvalue weighted by Crippen LogP contribution is 2.44. The molecule has 5 rings (SSSR count). The molecule has 2 bridgehead atoms. The Morgan fingerprint density at radius 3 is 2.40 bits per heavy atom. The van der Waals surface area contributed by atoms with Gasteiger partial charge < -0.3 is 24.8 Å². The number of aromatic nitrogens is 1. The summed E-state index contributed by atoms with van der Waals surface area (Å²) in [6.45, 7) is -0.0111. The number of benzene rings is 1. The standard InChI is InChI=1S/C32H43ClFN3O5/c1-40-31-14-11-24(19-35-31)20-41-21-29(38)36-25-10-8-6-4-2-3-5-7-9-23-16-32(17-23,18-25)37-30(39)22-42-26-12-13-27(33)28(34)15-26/h11-15,19,23,25H,2-10,16-18,20-22H2,1H3,(H,36,38)(H,37,39). The average Bonchev–Trinajstić information content (AvgIpc) is 2.95. The first-order chi connectivity index (χ1) is 20.3. The third-order valence-corrected chi connectivity index (χ3v) is 8.51. The van der Waals surface area contributed by atoms with Crippen LogP contribution in [0.25, 0.3) is 0 Å². The fourth-order valence-corrected chi connectivity index (χ4v) is 6.29. The molecule has 1 aromatic carbocycles. The molecule has 3 saturated carbocycles. The number of nitrogens with zero attached hydrogens (tertiary/aromatic N) is 1. The van der Waals surface area contributed by atoms with Crippen LogP contribution in [0.4, 0.5) is 4.39 Å². The van der Waals surface area contributed by atoms with E-state index < -0.39 is 11.4 Å². The average molecular weight is 604 g/mol. The molecule has 1 unspecified atom stereocenters. The van der Waals surface area contributed by atoms with Gasteiger partial charge >= 0.3 is 0 Å². The van der Waals surface area contributed by atoms with Crippen LogP contribution in [0, 0.1) is 11.7 Å². The minimum absolute atomic E-state index is 0.00200. The van der Waals surface area contributed by atoms with Crippen molar-refractivity contribution in [3.8, 4) is 11.6 Å². The Morgan fingerprint density at radius 1 is 0.976 bits per heavy atom. The van der Waals surface area contributed by atoms with Crippen LogP contribution >= 0.6 is 11.6 Å². The number of hydrogen-bond donors (Lipinski definition) is 2. The van der Waals surface area contributed by atoms with Gasteiger partial charge in [0, 0.05) is 29.9 Å². The van der Waals surface area contributed by atoms with Crippen molar-refractivity contribution in [2.24, 2.45) is 5.92 Å². The Hall–Kier alpha value is -2.91. The van der Waals surface area contributed by atoms with Crippen molar-refractivity contribution in [3.63, 3.8) is 0 Å². The Bertz CT molecular complexity index is 1160. The molecular weight excluding hydrogens is 561 g/mol. The number of hydrogen-bond acceptors (Lipinski definition) is 6. The van der Waals surface area contributed by atoms with E-state index in [9.17, 15) is 14.0 Å². The van der Waals surface area contributed by atoms with Crippen molar-refractivity contribution in [1.82, 2.24) is 15.6 Å². The number of amides is 2. The summed E-state index contributed by atoms with van der Waals surface area (Å²) in [6.07, 6.45) is 14.4. The van der Waals surface area contributed by atoms with Crippen molar-refractivity contribution in [3.05, 3.63) is 52.9 Å². The highest BCUT2D eigenvalue weighted by Gasteiger charge is 2.46. The van der Waals surface area contributed by atoms with Gasteiger partial charge in [-0.1, -0.05) is 63.0 Å². The number of fused-ring (bicyclic) bond motifs is 10. The number of halogens is 2. The minimum atomic E-state index is -0.593. The fourth-order valence-electron chi connectivity index (χ4n) is 6.17. The molecule has 2 aromatic rings. The molecule has 3 aliphatic rings. The summed E-state index contributed by atoms with van der Waals surface area (Å²) in [5.41, 5.74) is 0.445. The highest BCUT2D eigenvalue weighted by molar-refractivity contribution is 6.30. The van der Waals surface area contributed by atoms with Crippen LogP contribution in [0.3, 0.4) is 0 Å². The summed E-state index contributed by atoms with van der Waals surface area (Å²) in [5.74, 6) is 0.300. The molecular formula is C32H43ClFN3O5. The number of nitrogens with one attached hydrogen (secondary N) is 2. The van der Waals surface area contributed by atoms with Gasteiger partial charge in [-0.2, -0.15) is 0 Å². The van der Waals surface area contributed by atoms with Crippen molar-refractivity contribution in [2.75, 3.05) is 20.3 Å². The van der Waals surface area contributed by atoms with Gasteiger partial charge in [0.15, 0.2) is 6.61 Å². The summed E-state index contributed by atoms with van der Waals surface area (Å²) in [7, 11) is 1.56. The van der Waals surface area contributed by atoms with Crippen molar-refractivity contribution in [1.29, 1.82) is 0 Å². The lowest BCUT2D eigenvalue weighted by Gasteiger charge is -2.50. The normalized spacial score (nSPS) is 23.1. The molecule has 42 heavy (non-hydrogen) atoms. The maximum atomic E-state index is 13.8. The van der Waals surface area contributed by atoms with E-state index in [2.05, 4.69) is 15.6 Å². The van der Waals surface area contributed by atoms with Crippen LogP contribution in [0.5, 0.6) is 11.6 Å². The third kappa shape index (κ3) is 10.1. The van der Waals surface area contributed by atoms with Crippen molar-refractivity contribution >= 4 is 23.4 Å². The molecule has 0 saturated heterocycles. The first-order valence-corrected chi connectivity index (χ1v) is 15.5. The van der Waals surface area contributed by atoms with Crippen molar-refractivity contribution < 1.29 is 28.2 Å². The zero-order valence-corrected chi connectivity index (χ0v) is 25.2. The SMILES string of the molecule is COc1ccc(COCC(=O)NC2CCCCCCCCCC3CC(NC(=O)COc4ccc(Cl)c(F)c4)(C3)C2)cn1. The summed E-state index contributed by atoms with van der Waals surface area (Å²) < 4.78 is 30.1. The molecule has 8 nitrogen and oxygen atoms in total. The zero-order valence-electron chi connectivity index (χ0n) is 24.5. The number of carbonyl (C=O) groups is 2. The molecule has 1 atom stereocenters. The number of carbonyl (C=O) groups excluding carboxylic acids is 2. The van der Waals surface area contributed by atoms with Gasteiger partial charge in [-0.05, 0) is 55.4 Å². The van der Waals surface area contributed by atoms with Gasteiger partial charge in [-0.3, -0.25) is 9.59 Å². The Morgan fingerprint density at radius 2 is 1.71 bits per heavy atom. The molecule has 10 heteroatoms. The summed E-state index contributed by atoms with van der Waals surface area (Å²) in [5, 5.41) is 6.42.